The van der Waals surface area contributed by atoms with Crippen LogP contribution in [0.25, 0.3) is 11.3 Å². The van der Waals surface area contributed by atoms with Gasteiger partial charge in [0, 0.05) is 29.3 Å². The maximum atomic E-state index is 12.9. The van der Waals surface area contributed by atoms with Crippen molar-refractivity contribution in [2.45, 2.75) is 12.5 Å². The Kier molecular flexibility index (Phi) is 4.59. The standard InChI is InChI=1S/C16H14FN3O2S/c17-12-3-1-11(2-4-12)14(21)15(22)20-16-19-13(9-23-16)10-5-7-18-8-6-10/h1,3-9,11,14,21H,2H2,(H,19,20,22). The fourth-order valence-electron chi connectivity index (χ4n) is 2.21. The van der Waals surface area contributed by atoms with Gasteiger partial charge in [-0.2, -0.15) is 0 Å². The number of amides is 1. The average molecular weight is 331 g/mol. The molecule has 0 aliphatic heterocycles. The van der Waals surface area contributed by atoms with Gasteiger partial charge in [0.15, 0.2) is 5.13 Å². The molecule has 2 heterocycles. The Morgan fingerprint density at radius 3 is 2.91 bits per heavy atom. The zero-order valence-corrected chi connectivity index (χ0v) is 12.8. The third kappa shape index (κ3) is 3.69. The summed E-state index contributed by atoms with van der Waals surface area (Å²) in [5.74, 6) is -1.34. The van der Waals surface area contributed by atoms with Crippen molar-refractivity contribution in [1.82, 2.24) is 9.97 Å². The molecule has 2 atom stereocenters. The molecular weight excluding hydrogens is 317 g/mol. The van der Waals surface area contributed by atoms with E-state index in [9.17, 15) is 14.3 Å². The molecule has 7 heteroatoms. The second-order valence-electron chi connectivity index (χ2n) is 5.06. The molecule has 118 valence electrons. The van der Waals surface area contributed by atoms with Crippen LogP contribution in [0.2, 0.25) is 0 Å². The van der Waals surface area contributed by atoms with Crippen molar-refractivity contribution in [3.05, 3.63) is 54.0 Å². The van der Waals surface area contributed by atoms with Crippen LogP contribution in [0, 0.1) is 5.92 Å². The minimum atomic E-state index is -1.25. The summed E-state index contributed by atoms with van der Waals surface area (Å²) in [5, 5.41) is 14.9. The summed E-state index contributed by atoms with van der Waals surface area (Å²) in [7, 11) is 0. The van der Waals surface area contributed by atoms with E-state index in [4.69, 9.17) is 0 Å². The van der Waals surface area contributed by atoms with Crippen LogP contribution in [0.1, 0.15) is 6.42 Å². The summed E-state index contributed by atoms with van der Waals surface area (Å²) in [4.78, 5) is 20.3. The Balaban J connectivity index is 1.64. The number of halogens is 1. The highest BCUT2D eigenvalue weighted by atomic mass is 32.1. The fourth-order valence-corrected chi connectivity index (χ4v) is 2.93. The molecule has 0 fully saturated rings. The molecule has 0 aromatic carbocycles. The molecule has 0 saturated heterocycles. The van der Waals surface area contributed by atoms with E-state index >= 15 is 0 Å². The van der Waals surface area contributed by atoms with Gasteiger partial charge in [0.1, 0.15) is 11.9 Å². The number of allylic oxidation sites excluding steroid dienone is 3. The number of anilines is 1. The number of hydrogen-bond donors (Lipinski definition) is 2. The first-order chi connectivity index (χ1) is 11.1. The summed E-state index contributed by atoms with van der Waals surface area (Å²) in [5.41, 5.74) is 1.62. The lowest BCUT2D eigenvalue weighted by molar-refractivity contribution is -0.125. The van der Waals surface area contributed by atoms with Crippen LogP contribution >= 0.6 is 11.3 Å². The van der Waals surface area contributed by atoms with Gasteiger partial charge in [-0.3, -0.25) is 15.1 Å². The summed E-state index contributed by atoms with van der Waals surface area (Å²) >= 11 is 1.27. The second kappa shape index (κ2) is 6.80. The van der Waals surface area contributed by atoms with Crippen LogP contribution in [0.5, 0.6) is 0 Å². The van der Waals surface area contributed by atoms with Gasteiger partial charge in [-0.15, -0.1) is 11.3 Å². The van der Waals surface area contributed by atoms with Crippen molar-refractivity contribution < 1.29 is 14.3 Å². The van der Waals surface area contributed by atoms with Crippen molar-refractivity contribution in [2.24, 2.45) is 5.92 Å². The van der Waals surface area contributed by atoms with Crippen molar-refractivity contribution in [3.63, 3.8) is 0 Å². The average Bonchev–Trinajstić information content (AvgIpc) is 3.04. The van der Waals surface area contributed by atoms with Crippen LogP contribution in [0.4, 0.5) is 9.52 Å². The second-order valence-corrected chi connectivity index (χ2v) is 5.91. The van der Waals surface area contributed by atoms with Crippen LogP contribution in [-0.2, 0) is 4.79 Å². The summed E-state index contributed by atoms with van der Waals surface area (Å²) in [6, 6.07) is 3.65. The number of aliphatic hydroxyl groups excluding tert-OH is 1. The molecule has 2 aromatic heterocycles. The molecule has 0 spiro atoms. The first kappa shape index (κ1) is 15.5. The SMILES string of the molecule is O=C(Nc1nc(-c2ccncc2)cs1)C(O)C1C=CC(F)=CC1. The van der Waals surface area contributed by atoms with E-state index in [0.717, 1.165) is 11.3 Å². The van der Waals surface area contributed by atoms with Crippen molar-refractivity contribution in [1.29, 1.82) is 0 Å². The fraction of sp³-hybridized carbons (Fsp3) is 0.188. The van der Waals surface area contributed by atoms with Gasteiger partial charge in [-0.05, 0) is 30.7 Å². The van der Waals surface area contributed by atoms with Crippen molar-refractivity contribution in [2.75, 3.05) is 5.32 Å². The Labute approximate surface area is 136 Å². The quantitative estimate of drug-likeness (QED) is 0.903. The highest BCUT2D eigenvalue weighted by molar-refractivity contribution is 7.14. The largest absolute Gasteiger partial charge is 0.383 e. The van der Waals surface area contributed by atoms with Gasteiger partial charge in [-0.25, -0.2) is 9.37 Å². The Morgan fingerprint density at radius 1 is 1.43 bits per heavy atom. The number of aromatic nitrogens is 2. The normalized spacial score (nSPS) is 18.3. The van der Waals surface area contributed by atoms with E-state index in [-0.39, 0.29) is 12.2 Å². The smallest absolute Gasteiger partial charge is 0.255 e. The summed E-state index contributed by atoms with van der Waals surface area (Å²) < 4.78 is 12.9. The van der Waals surface area contributed by atoms with E-state index < -0.39 is 17.9 Å². The Bertz CT molecular complexity index is 758. The summed E-state index contributed by atoms with van der Waals surface area (Å²) in [6.45, 7) is 0. The van der Waals surface area contributed by atoms with Crippen molar-refractivity contribution in [3.8, 4) is 11.3 Å². The van der Waals surface area contributed by atoms with E-state index in [1.54, 1.807) is 12.4 Å². The Hall–Kier alpha value is -2.38. The van der Waals surface area contributed by atoms with Gasteiger partial charge < -0.3 is 5.11 Å². The number of hydrogen-bond acceptors (Lipinski definition) is 5. The van der Waals surface area contributed by atoms with Gasteiger partial charge in [0.25, 0.3) is 5.91 Å². The number of nitrogens with zero attached hydrogens (tertiary/aromatic N) is 2. The van der Waals surface area contributed by atoms with Crippen LogP contribution in [-0.4, -0.2) is 27.1 Å². The monoisotopic (exact) mass is 331 g/mol. The number of carbonyl (C=O) groups excluding carboxylic acids is 1. The number of thiazole rings is 1. The molecule has 3 rings (SSSR count). The minimum absolute atomic E-state index is 0.289. The minimum Gasteiger partial charge on any atom is -0.383 e. The lowest BCUT2D eigenvalue weighted by atomic mass is 9.94. The first-order valence-corrected chi connectivity index (χ1v) is 7.90. The van der Waals surface area contributed by atoms with Crippen LogP contribution in [0.3, 0.4) is 0 Å². The predicted octanol–water partition coefficient (Wildman–Crippen LogP) is 2.93. The first-order valence-electron chi connectivity index (χ1n) is 7.02. The van der Waals surface area contributed by atoms with E-state index in [2.05, 4.69) is 15.3 Å². The molecule has 1 amide bonds. The topological polar surface area (TPSA) is 75.1 Å². The van der Waals surface area contributed by atoms with E-state index in [0.29, 0.717) is 5.13 Å². The van der Waals surface area contributed by atoms with Gasteiger partial charge in [0.2, 0.25) is 0 Å². The molecule has 0 radical (unpaired) electrons. The van der Waals surface area contributed by atoms with Gasteiger partial charge in [0.05, 0.1) is 5.69 Å². The third-order valence-corrected chi connectivity index (χ3v) is 4.23. The zero-order chi connectivity index (χ0) is 16.2. The molecule has 2 aromatic rings. The molecule has 0 saturated carbocycles. The van der Waals surface area contributed by atoms with Gasteiger partial charge >= 0.3 is 0 Å². The van der Waals surface area contributed by atoms with E-state index in [1.165, 1.54) is 29.6 Å². The highest BCUT2D eigenvalue weighted by Gasteiger charge is 2.25. The zero-order valence-electron chi connectivity index (χ0n) is 12.0. The molecule has 2 unspecified atom stereocenters. The molecule has 1 aliphatic rings. The molecule has 5 nitrogen and oxygen atoms in total. The van der Waals surface area contributed by atoms with Crippen LogP contribution < -0.4 is 5.32 Å². The maximum absolute atomic E-state index is 12.9. The molecule has 23 heavy (non-hydrogen) atoms. The number of carbonyl (C=O) groups is 1. The summed E-state index contributed by atoms with van der Waals surface area (Å²) in [6.07, 6.45) is 6.49. The molecule has 2 N–H and O–H groups in total. The lowest BCUT2D eigenvalue weighted by Gasteiger charge is -2.19. The number of rotatable bonds is 4. The molecular formula is C16H14FN3O2S. The third-order valence-electron chi connectivity index (χ3n) is 3.47. The molecule has 1 aliphatic carbocycles. The van der Waals surface area contributed by atoms with Gasteiger partial charge in [-0.1, -0.05) is 6.08 Å². The maximum Gasteiger partial charge on any atom is 0.255 e. The highest BCUT2D eigenvalue weighted by Crippen LogP contribution is 2.25. The predicted molar refractivity (Wildman–Crippen MR) is 86.4 cm³/mol. The Morgan fingerprint density at radius 2 is 2.22 bits per heavy atom. The number of nitrogens with one attached hydrogen (secondary N) is 1. The number of aliphatic hydroxyl groups is 1. The number of pyridine rings is 1. The lowest BCUT2D eigenvalue weighted by Crippen LogP contribution is -2.34. The van der Waals surface area contributed by atoms with Crippen molar-refractivity contribution >= 4 is 22.4 Å². The molecule has 0 bridgehead atoms. The van der Waals surface area contributed by atoms with E-state index in [1.807, 2.05) is 17.5 Å². The van der Waals surface area contributed by atoms with Crippen LogP contribution in [0.15, 0.2) is 54.0 Å².